The zero-order chi connectivity index (χ0) is 21.8. The van der Waals surface area contributed by atoms with Gasteiger partial charge in [-0.3, -0.25) is 4.79 Å². The molecular formula is C19H22F2N2O5S. The maximum atomic E-state index is 12.7. The van der Waals surface area contributed by atoms with Gasteiger partial charge in [-0.1, -0.05) is 12.1 Å². The number of amides is 1. The van der Waals surface area contributed by atoms with E-state index in [0.29, 0.717) is 5.56 Å². The second kappa shape index (κ2) is 9.19. The van der Waals surface area contributed by atoms with Gasteiger partial charge in [0.1, 0.15) is 0 Å². The molecule has 2 rings (SSSR count). The summed E-state index contributed by atoms with van der Waals surface area (Å²) in [5.74, 6) is -0.391. The van der Waals surface area contributed by atoms with Gasteiger partial charge in [-0.25, -0.2) is 12.7 Å². The Morgan fingerprint density at radius 3 is 2.34 bits per heavy atom. The summed E-state index contributed by atoms with van der Waals surface area (Å²) in [6, 6.07) is 10.1. The average molecular weight is 428 g/mol. The highest BCUT2D eigenvalue weighted by molar-refractivity contribution is 7.89. The third-order valence-corrected chi connectivity index (χ3v) is 5.88. The number of sulfonamides is 1. The van der Waals surface area contributed by atoms with Crippen molar-refractivity contribution in [3.8, 4) is 11.5 Å². The van der Waals surface area contributed by atoms with Crippen LogP contribution in [0.2, 0.25) is 0 Å². The summed E-state index contributed by atoms with van der Waals surface area (Å²) >= 11 is 0. The van der Waals surface area contributed by atoms with E-state index < -0.39 is 22.5 Å². The van der Waals surface area contributed by atoms with Crippen LogP contribution in [0.1, 0.15) is 15.9 Å². The van der Waals surface area contributed by atoms with Crippen molar-refractivity contribution in [1.29, 1.82) is 0 Å². The third kappa shape index (κ3) is 5.42. The highest BCUT2D eigenvalue weighted by atomic mass is 32.2. The lowest BCUT2D eigenvalue weighted by Crippen LogP contribution is -2.27. The Morgan fingerprint density at radius 2 is 1.76 bits per heavy atom. The second-order valence-corrected chi connectivity index (χ2v) is 8.49. The van der Waals surface area contributed by atoms with Gasteiger partial charge < -0.3 is 14.4 Å². The number of hydrogen-bond acceptors (Lipinski definition) is 5. The number of ether oxygens (including phenoxy) is 2. The van der Waals surface area contributed by atoms with Crippen molar-refractivity contribution >= 4 is 15.9 Å². The van der Waals surface area contributed by atoms with Gasteiger partial charge in [0.25, 0.3) is 5.91 Å². The number of benzene rings is 2. The Kier molecular flexibility index (Phi) is 7.15. The SMILES string of the molecule is COc1cc(CN(C)C(=O)c2cccc(S(=O)(=O)N(C)C)c2)ccc1OC(F)F. The van der Waals surface area contributed by atoms with Crippen LogP contribution in [0.15, 0.2) is 47.4 Å². The molecule has 0 saturated carbocycles. The molecule has 0 aliphatic rings. The number of hydrogen-bond donors (Lipinski definition) is 0. The van der Waals surface area contributed by atoms with E-state index in [1.165, 1.54) is 68.6 Å². The number of alkyl halides is 2. The molecular weight excluding hydrogens is 406 g/mol. The fourth-order valence-corrected chi connectivity index (χ4v) is 3.52. The Morgan fingerprint density at radius 1 is 1.07 bits per heavy atom. The van der Waals surface area contributed by atoms with Crippen LogP contribution >= 0.6 is 0 Å². The van der Waals surface area contributed by atoms with Crippen molar-refractivity contribution < 1.29 is 31.5 Å². The number of methoxy groups -OCH3 is 1. The lowest BCUT2D eigenvalue weighted by Gasteiger charge is -2.19. The molecule has 0 bridgehead atoms. The van der Waals surface area contributed by atoms with E-state index >= 15 is 0 Å². The molecule has 0 unspecified atom stereocenters. The van der Waals surface area contributed by atoms with E-state index in [1.54, 1.807) is 7.05 Å². The first kappa shape index (κ1) is 22.6. The Balaban J connectivity index is 2.21. The predicted molar refractivity (Wildman–Crippen MR) is 103 cm³/mol. The molecule has 0 aliphatic carbocycles. The smallest absolute Gasteiger partial charge is 0.387 e. The summed E-state index contributed by atoms with van der Waals surface area (Å²) in [6.07, 6.45) is 0. The number of carbonyl (C=O) groups is 1. The van der Waals surface area contributed by atoms with E-state index in [0.717, 1.165) is 4.31 Å². The minimum atomic E-state index is -3.67. The van der Waals surface area contributed by atoms with E-state index in [-0.39, 0.29) is 28.5 Å². The second-order valence-electron chi connectivity index (χ2n) is 6.34. The fourth-order valence-electron chi connectivity index (χ4n) is 2.57. The minimum Gasteiger partial charge on any atom is -0.493 e. The number of halogens is 2. The molecule has 1 amide bonds. The quantitative estimate of drug-likeness (QED) is 0.646. The van der Waals surface area contributed by atoms with E-state index in [2.05, 4.69) is 4.74 Å². The number of rotatable bonds is 8. The largest absolute Gasteiger partial charge is 0.493 e. The van der Waals surface area contributed by atoms with Gasteiger partial charge in [-0.05, 0) is 35.9 Å². The number of nitrogens with zero attached hydrogens (tertiary/aromatic N) is 2. The molecule has 158 valence electrons. The monoisotopic (exact) mass is 428 g/mol. The summed E-state index contributed by atoms with van der Waals surface area (Å²) < 4.78 is 59.9. The molecule has 7 nitrogen and oxygen atoms in total. The molecule has 2 aromatic rings. The lowest BCUT2D eigenvalue weighted by molar-refractivity contribution is -0.0512. The molecule has 10 heteroatoms. The van der Waals surface area contributed by atoms with E-state index in [9.17, 15) is 22.0 Å². The van der Waals surface area contributed by atoms with Crippen molar-refractivity contribution in [3.05, 3.63) is 53.6 Å². The van der Waals surface area contributed by atoms with Gasteiger partial charge in [0.2, 0.25) is 10.0 Å². The first-order valence-electron chi connectivity index (χ1n) is 8.46. The molecule has 0 fully saturated rings. The van der Waals surface area contributed by atoms with Crippen LogP contribution in [0.5, 0.6) is 11.5 Å². The van der Waals surface area contributed by atoms with Crippen molar-refractivity contribution in [2.45, 2.75) is 18.1 Å². The van der Waals surface area contributed by atoms with Gasteiger partial charge in [0, 0.05) is 33.3 Å². The Hall–Kier alpha value is -2.72. The number of carbonyl (C=O) groups excluding carboxylic acids is 1. The maximum Gasteiger partial charge on any atom is 0.387 e. The molecule has 2 aromatic carbocycles. The lowest BCUT2D eigenvalue weighted by atomic mass is 10.1. The summed E-state index contributed by atoms with van der Waals surface area (Å²) in [5, 5.41) is 0. The highest BCUT2D eigenvalue weighted by Gasteiger charge is 2.20. The molecule has 29 heavy (non-hydrogen) atoms. The van der Waals surface area contributed by atoms with Gasteiger partial charge in [0.05, 0.1) is 12.0 Å². The minimum absolute atomic E-state index is 0.0110. The van der Waals surface area contributed by atoms with Crippen LogP contribution < -0.4 is 9.47 Å². The van der Waals surface area contributed by atoms with Gasteiger partial charge in [-0.2, -0.15) is 8.78 Å². The van der Waals surface area contributed by atoms with Crippen molar-refractivity contribution in [2.75, 3.05) is 28.3 Å². The predicted octanol–water partition coefficient (Wildman–Crippen LogP) is 2.82. The van der Waals surface area contributed by atoms with Gasteiger partial charge >= 0.3 is 6.61 Å². The summed E-state index contributed by atoms with van der Waals surface area (Å²) in [5.41, 5.74) is 0.830. The van der Waals surface area contributed by atoms with Crippen LogP contribution in [0, 0.1) is 0 Å². The molecule has 0 heterocycles. The van der Waals surface area contributed by atoms with Gasteiger partial charge in [0.15, 0.2) is 11.5 Å². The molecule has 0 N–H and O–H groups in total. The Bertz CT molecular complexity index is 980. The van der Waals surface area contributed by atoms with Crippen molar-refractivity contribution in [2.24, 2.45) is 0 Å². The topological polar surface area (TPSA) is 76.2 Å². The maximum absolute atomic E-state index is 12.7. The molecule has 0 aliphatic heterocycles. The summed E-state index contributed by atoms with van der Waals surface area (Å²) in [7, 11) is 2.01. The molecule has 0 aromatic heterocycles. The van der Waals surface area contributed by atoms with Crippen LogP contribution in [-0.2, 0) is 16.6 Å². The zero-order valence-electron chi connectivity index (χ0n) is 16.4. The van der Waals surface area contributed by atoms with Crippen LogP contribution in [0.3, 0.4) is 0 Å². The van der Waals surface area contributed by atoms with Gasteiger partial charge in [-0.15, -0.1) is 0 Å². The van der Waals surface area contributed by atoms with Crippen LogP contribution in [0.4, 0.5) is 8.78 Å². The zero-order valence-corrected chi connectivity index (χ0v) is 17.2. The van der Waals surface area contributed by atoms with Crippen LogP contribution in [0.25, 0.3) is 0 Å². The first-order chi connectivity index (χ1) is 13.6. The summed E-state index contributed by atoms with van der Waals surface area (Å²) in [6.45, 7) is -2.83. The highest BCUT2D eigenvalue weighted by Crippen LogP contribution is 2.30. The first-order valence-corrected chi connectivity index (χ1v) is 9.90. The molecule has 0 saturated heterocycles. The Labute approximate surface area is 168 Å². The van der Waals surface area contributed by atoms with E-state index in [1.807, 2.05) is 0 Å². The van der Waals surface area contributed by atoms with Crippen molar-refractivity contribution in [3.63, 3.8) is 0 Å². The average Bonchev–Trinajstić information content (AvgIpc) is 2.68. The third-order valence-electron chi connectivity index (χ3n) is 4.07. The van der Waals surface area contributed by atoms with Crippen LogP contribution in [-0.4, -0.2) is 58.4 Å². The molecule has 0 radical (unpaired) electrons. The molecule has 0 atom stereocenters. The molecule has 0 spiro atoms. The normalized spacial score (nSPS) is 11.6. The van der Waals surface area contributed by atoms with Crippen molar-refractivity contribution in [1.82, 2.24) is 9.21 Å². The standard InChI is InChI=1S/C19H22F2N2O5S/c1-22(2)29(25,26)15-7-5-6-14(11-15)18(24)23(3)12-13-8-9-16(28-19(20)21)17(10-13)27-4/h5-11,19H,12H2,1-4H3. The fraction of sp³-hybridized carbons (Fsp3) is 0.316. The summed E-state index contributed by atoms with van der Waals surface area (Å²) in [4.78, 5) is 14.1. The van der Waals surface area contributed by atoms with E-state index in [4.69, 9.17) is 4.74 Å².